The number of hydrogen-bond acceptors (Lipinski definition) is 3. The molecule has 0 unspecified atom stereocenters. The van der Waals surface area contributed by atoms with Crippen LogP contribution >= 0.6 is 0 Å². The summed E-state index contributed by atoms with van der Waals surface area (Å²) in [5.74, 6) is 1.37. The normalized spacial score (nSPS) is 9.90. The number of anilines is 1. The molecule has 1 rings (SSSR count). The van der Waals surface area contributed by atoms with Crippen LogP contribution in [0.25, 0.3) is 0 Å². The molecule has 0 fully saturated rings. The van der Waals surface area contributed by atoms with E-state index in [-0.39, 0.29) is 6.61 Å². The fourth-order valence-corrected chi connectivity index (χ4v) is 0.692. The van der Waals surface area contributed by atoms with E-state index in [1.54, 1.807) is 6.07 Å². The topological polar surface area (TPSA) is 36.6 Å². The van der Waals surface area contributed by atoms with Crippen LogP contribution in [0.1, 0.15) is 5.76 Å². The summed E-state index contributed by atoms with van der Waals surface area (Å²) in [7, 11) is 3.78. The highest BCUT2D eigenvalue weighted by Crippen LogP contribution is 2.15. The van der Waals surface area contributed by atoms with Crippen LogP contribution in [0.5, 0.6) is 0 Å². The van der Waals surface area contributed by atoms with Crippen molar-refractivity contribution in [2.24, 2.45) is 0 Å². The number of hydrogen-bond donors (Lipinski definition) is 1. The van der Waals surface area contributed by atoms with Gasteiger partial charge in [-0.25, -0.2) is 0 Å². The molecule has 1 N–H and O–H groups in total. The Balaban J connectivity index is 2.78. The third kappa shape index (κ3) is 1.30. The summed E-state index contributed by atoms with van der Waals surface area (Å²) in [4.78, 5) is 1.85. The van der Waals surface area contributed by atoms with Crippen molar-refractivity contribution in [2.45, 2.75) is 6.61 Å². The Morgan fingerprint density at radius 2 is 2.20 bits per heavy atom. The van der Waals surface area contributed by atoms with E-state index < -0.39 is 0 Å². The Kier molecular flexibility index (Phi) is 1.97. The van der Waals surface area contributed by atoms with Crippen molar-refractivity contribution in [1.29, 1.82) is 0 Å². The lowest BCUT2D eigenvalue weighted by Gasteiger charge is -2.05. The summed E-state index contributed by atoms with van der Waals surface area (Å²) in [6.07, 6.45) is 0. The molecular weight excluding hydrogens is 130 g/mol. The van der Waals surface area contributed by atoms with Gasteiger partial charge in [-0.3, -0.25) is 0 Å². The van der Waals surface area contributed by atoms with E-state index in [0.29, 0.717) is 5.76 Å². The highest BCUT2D eigenvalue weighted by molar-refractivity contribution is 5.33. The van der Waals surface area contributed by atoms with Crippen molar-refractivity contribution in [1.82, 2.24) is 0 Å². The summed E-state index contributed by atoms with van der Waals surface area (Å²) < 4.78 is 5.17. The van der Waals surface area contributed by atoms with Gasteiger partial charge in [0.2, 0.25) is 0 Å². The molecule has 1 heterocycles. The summed E-state index contributed by atoms with van der Waals surface area (Å²) >= 11 is 0. The molecule has 0 atom stereocenters. The molecule has 0 aliphatic rings. The lowest BCUT2D eigenvalue weighted by molar-refractivity contribution is 0.248. The first-order valence-corrected chi connectivity index (χ1v) is 3.11. The van der Waals surface area contributed by atoms with E-state index in [9.17, 15) is 0 Å². The van der Waals surface area contributed by atoms with E-state index >= 15 is 0 Å². The van der Waals surface area contributed by atoms with Crippen LogP contribution in [0, 0.1) is 0 Å². The average Bonchev–Trinajstić information content (AvgIpc) is 2.34. The first-order chi connectivity index (χ1) is 4.74. The Hall–Kier alpha value is -0.960. The zero-order valence-electron chi connectivity index (χ0n) is 6.16. The van der Waals surface area contributed by atoms with Gasteiger partial charge >= 0.3 is 0 Å². The molecular formula is C7H11NO2. The lowest BCUT2D eigenvalue weighted by Crippen LogP contribution is -2.06. The largest absolute Gasteiger partial charge is 0.443 e. The van der Waals surface area contributed by atoms with Crippen LogP contribution in [0.2, 0.25) is 0 Å². The zero-order valence-corrected chi connectivity index (χ0v) is 6.16. The molecule has 3 heteroatoms. The summed E-state index contributed by atoms with van der Waals surface area (Å²) in [6, 6.07) is 3.58. The molecule has 0 spiro atoms. The monoisotopic (exact) mass is 141 g/mol. The van der Waals surface area contributed by atoms with Gasteiger partial charge in [0, 0.05) is 20.2 Å². The summed E-state index contributed by atoms with van der Waals surface area (Å²) in [5, 5.41) is 8.62. The molecule has 10 heavy (non-hydrogen) atoms. The van der Waals surface area contributed by atoms with Crippen LogP contribution in [0.3, 0.4) is 0 Å². The predicted molar refractivity (Wildman–Crippen MR) is 39.0 cm³/mol. The van der Waals surface area contributed by atoms with Crippen molar-refractivity contribution < 1.29 is 9.52 Å². The number of furan rings is 1. The maximum absolute atomic E-state index is 8.62. The van der Waals surface area contributed by atoms with Gasteiger partial charge < -0.3 is 14.4 Å². The number of nitrogens with zero attached hydrogens (tertiary/aromatic N) is 1. The second kappa shape index (κ2) is 2.75. The van der Waals surface area contributed by atoms with Gasteiger partial charge in [0.05, 0.1) is 0 Å². The predicted octanol–water partition coefficient (Wildman–Crippen LogP) is 0.838. The Labute approximate surface area is 59.9 Å². The quantitative estimate of drug-likeness (QED) is 0.663. The molecule has 0 aliphatic heterocycles. The van der Waals surface area contributed by atoms with Crippen molar-refractivity contribution in [2.75, 3.05) is 19.0 Å². The van der Waals surface area contributed by atoms with E-state index in [4.69, 9.17) is 9.52 Å². The smallest absolute Gasteiger partial charge is 0.195 e. The fraction of sp³-hybridized carbons (Fsp3) is 0.429. The van der Waals surface area contributed by atoms with Gasteiger partial charge in [-0.15, -0.1) is 0 Å². The van der Waals surface area contributed by atoms with Crippen molar-refractivity contribution in [3.05, 3.63) is 17.9 Å². The molecule has 0 bridgehead atoms. The SMILES string of the molecule is CN(C)c1ccc(CO)o1. The van der Waals surface area contributed by atoms with Gasteiger partial charge in [-0.2, -0.15) is 0 Å². The Morgan fingerprint density at radius 1 is 1.50 bits per heavy atom. The van der Waals surface area contributed by atoms with Gasteiger partial charge in [0.1, 0.15) is 12.4 Å². The average molecular weight is 141 g/mol. The number of aliphatic hydroxyl groups is 1. The summed E-state index contributed by atoms with van der Waals surface area (Å²) in [5.41, 5.74) is 0. The zero-order chi connectivity index (χ0) is 7.56. The van der Waals surface area contributed by atoms with Gasteiger partial charge in [-0.05, 0) is 6.07 Å². The molecule has 1 aromatic rings. The van der Waals surface area contributed by atoms with Crippen LogP contribution in [-0.4, -0.2) is 19.2 Å². The molecule has 0 saturated heterocycles. The second-order valence-corrected chi connectivity index (χ2v) is 2.29. The fourth-order valence-electron chi connectivity index (χ4n) is 0.692. The minimum Gasteiger partial charge on any atom is -0.443 e. The van der Waals surface area contributed by atoms with E-state index in [1.807, 2.05) is 25.1 Å². The van der Waals surface area contributed by atoms with Crippen LogP contribution in [0.4, 0.5) is 5.88 Å². The second-order valence-electron chi connectivity index (χ2n) is 2.29. The van der Waals surface area contributed by atoms with Gasteiger partial charge in [0.25, 0.3) is 0 Å². The maximum Gasteiger partial charge on any atom is 0.195 e. The van der Waals surface area contributed by atoms with Crippen molar-refractivity contribution >= 4 is 5.88 Å². The molecule has 0 amide bonds. The Morgan fingerprint density at radius 3 is 2.50 bits per heavy atom. The van der Waals surface area contributed by atoms with Gasteiger partial charge in [0.15, 0.2) is 5.88 Å². The number of rotatable bonds is 2. The molecule has 0 aliphatic carbocycles. The van der Waals surface area contributed by atoms with E-state index in [1.165, 1.54) is 0 Å². The Bertz CT molecular complexity index is 205. The maximum atomic E-state index is 8.62. The van der Waals surface area contributed by atoms with Crippen molar-refractivity contribution in [3.63, 3.8) is 0 Å². The third-order valence-corrected chi connectivity index (χ3v) is 1.24. The van der Waals surface area contributed by atoms with E-state index in [2.05, 4.69) is 0 Å². The van der Waals surface area contributed by atoms with Crippen LogP contribution < -0.4 is 4.90 Å². The summed E-state index contributed by atoms with van der Waals surface area (Å²) in [6.45, 7) is -0.0339. The highest BCUT2D eigenvalue weighted by atomic mass is 16.4. The van der Waals surface area contributed by atoms with Crippen LogP contribution in [-0.2, 0) is 6.61 Å². The molecule has 56 valence electrons. The van der Waals surface area contributed by atoms with Crippen LogP contribution in [0.15, 0.2) is 16.5 Å². The minimum absolute atomic E-state index is 0.0339. The first-order valence-electron chi connectivity index (χ1n) is 3.11. The third-order valence-electron chi connectivity index (χ3n) is 1.24. The standard InChI is InChI=1S/C7H11NO2/c1-8(2)7-4-3-6(5-9)10-7/h3-4,9H,5H2,1-2H3. The van der Waals surface area contributed by atoms with Crippen molar-refractivity contribution in [3.8, 4) is 0 Å². The molecule has 0 aromatic carbocycles. The molecule has 0 radical (unpaired) electrons. The minimum atomic E-state index is -0.0339. The van der Waals surface area contributed by atoms with Gasteiger partial charge in [-0.1, -0.05) is 0 Å². The van der Waals surface area contributed by atoms with E-state index in [0.717, 1.165) is 5.88 Å². The highest BCUT2D eigenvalue weighted by Gasteiger charge is 2.00. The molecule has 0 saturated carbocycles. The molecule has 1 aromatic heterocycles. The molecule has 3 nitrogen and oxygen atoms in total. The lowest BCUT2D eigenvalue weighted by atomic mass is 10.5. The number of aliphatic hydroxyl groups excluding tert-OH is 1. The first kappa shape index (κ1) is 7.15.